The van der Waals surface area contributed by atoms with Gasteiger partial charge in [-0.2, -0.15) is 0 Å². The minimum Gasteiger partial charge on any atom is -0.457 e. The number of thiazole rings is 1. The Balaban J connectivity index is 1.53. The van der Waals surface area contributed by atoms with Crippen molar-refractivity contribution in [3.05, 3.63) is 133 Å². The van der Waals surface area contributed by atoms with Crippen LogP contribution in [0.4, 0.5) is 10.8 Å². The first kappa shape index (κ1) is 28.7. The van der Waals surface area contributed by atoms with Crippen molar-refractivity contribution >= 4 is 62.5 Å². The van der Waals surface area contributed by atoms with Gasteiger partial charge in [-0.05, 0) is 43.7 Å². The van der Waals surface area contributed by atoms with Gasteiger partial charge in [-0.3, -0.25) is 19.3 Å². The van der Waals surface area contributed by atoms with Crippen LogP contribution in [0.25, 0.3) is 11.0 Å². The fourth-order valence-corrected chi connectivity index (χ4v) is 7.31. The fourth-order valence-electron chi connectivity index (χ4n) is 6.10. The highest BCUT2D eigenvalue weighted by molar-refractivity contribution is 7.17. The molecule has 2 aliphatic heterocycles. The Hall–Kier alpha value is -5.06. The van der Waals surface area contributed by atoms with E-state index in [2.05, 4.69) is 11.6 Å². The van der Waals surface area contributed by atoms with Gasteiger partial charge in [-0.15, -0.1) is 0 Å². The van der Waals surface area contributed by atoms with Crippen LogP contribution in [0.5, 0.6) is 0 Å². The summed E-state index contributed by atoms with van der Waals surface area (Å²) in [6.45, 7) is 7.08. The molecule has 0 bridgehead atoms. The van der Waals surface area contributed by atoms with Gasteiger partial charge in [0.15, 0.2) is 16.1 Å². The summed E-state index contributed by atoms with van der Waals surface area (Å²) < 4.78 is 11.4. The van der Waals surface area contributed by atoms with E-state index in [1.165, 1.54) is 15.9 Å². The van der Waals surface area contributed by atoms with Crippen molar-refractivity contribution in [3.8, 4) is 0 Å². The van der Waals surface area contributed by atoms with Crippen LogP contribution < -0.4 is 15.2 Å². The molecule has 2 amide bonds. The standard InChI is InChI=1S/C34H24ClN3O6S/c1-4-15-43-31(41)29-19(3)36-33(45-29)38-30(40)28-26(27(39)21-16-18(2)13-14-25(21)44-28)34(38)22-10-6-8-12-24(22)37(32(34)42)17-20-9-5-7-11-23(20)35/h4-14,16H,1,15,17H2,2-3H3. The molecule has 0 N–H and O–H groups in total. The van der Waals surface area contributed by atoms with Gasteiger partial charge in [-0.1, -0.05) is 83.6 Å². The molecular weight excluding hydrogens is 614 g/mol. The van der Waals surface area contributed by atoms with E-state index in [9.17, 15) is 14.4 Å². The monoisotopic (exact) mass is 637 g/mol. The van der Waals surface area contributed by atoms with Gasteiger partial charge in [0.1, 0.15) is 17.1 Å². The number of aromatic nitrogens is 1. The summed E-state index contributed by atoms with van der Waals surface area (Å²) in [4.78, 5) is 64.4. The SMILES string of the molecule is C=CCOC(=O)c1sc(N2C(=O)c3oc4ccc(C)cc4c(=O)c3C23C(=O)N(Cc2ccccc2Cl)c2ccccc23)nc1C. The van der Waals surface area contributed by atoms with Crippen molar-refractivity contribution in [2.24, 2.45) is 0 Å². The number of rotatable bonds is 6. The smallest absolute Gasteiger partial charge is 0.350 e. The Morgan fingerprint density at radius 3 is 2.62 bits per heavy atom. The second-order valence-electron chi connectivity index (χ2n) is 10.8. The number of ether oxygens (including phenoxy) is 1. The van der Waals surface area contributed by atoms with Gasteiger partial charge in [0.05, 0.1) is 28.9 Å². The number of anilines is 2. The third kappa shape index (κ3) is 4.09. The van der Waals surface area contributed by atoms with E-state index < -0.39 is 28.8 Å². The number of amides is 2. The van der Waals surface area contributed by atoms with E-state index in [1.807, 2.05) is 19.1 Å². The van der Waals surface area contributed by atoms with Crippen LogP contribution in [0.15, 0.2) is 88.6 Å². The average molecular weight is 638 g/mol. The molecule has 224 valence electrons. The molecule has 1 spiro atoms. The van der Waals surface area contributed by atoms with Crippen molar-refractivity contribution in [3.63, 3.8) is 0 Å². The number of aryl methyl sites for hydroxylation is 2. The van der Waals surface area contributed by atoms with Crippen molar-refractivity contribution in [1.29, 1.82) is 0 Å². The molecule has 2 aliphatic rings. The number of benzene rings is 3. The fraction of sp³-hybridized carbons (Fsp3) is 0.147. The summed E-state index contributed by atoms with van der Waals surface area (Å²) in [5.41, 5.74) is 0.305. The first-order valence-corrected chi connectivity index (χ1v) is 15.2. The molecule has 1 atom stereocenters. The minimum absolute atomic E-state index is 0.0170. The first-order chi connectivity index (χ1) is 21.7. The highest BCUT2D eigenvalue weighted by Gasteiger charge is 2.66. The van der Waals surface area contributed by atoms with E-state index in [0.717, 1.165) is 16.9 Å². The molecule has 0 aliphatic carbocycles. The van der Waals surface area contributed by atoms with E-state index >= 15 is 4.79 Å². The molecular formula is C34H24ClN3O6S. The van der Waals surface area contributed by atoms with Gasteiger partial charge in [0.2, 0.25) is 5.76 Å². The number of para-hydroxylation sites is 1. The predicted molar refractivity (Wildman–Crippen MR) is 171 cm³/mol. The summed E-state index contributed by atoms with van der Waals surface area (Å²) in [6, 6.07) is 19.2. The number of hydrogen-bond acceptors (Lipinski definition) is 8. The zero-order chi connectivity index (χ0) is 31.6. The number of esters is 1. The lowest BCUT2D eigenvalue weighted by Crippen LogP contribution is -2.53. The van der Waals surface area contributed by atoms with Crippen LogP contribution in [0, 0.1) is 13.8 Å². The molecule has 1 unspecified atom stereocenters. The average Bonchev–Trinajstić information content (AvgIpc) is 3.62. The third-order valence-electron chi connectivity index (χ3n) is 8.06. The summed E-state index contributed by atoms with van der Waals surface area (Å²) in [5.74, 6) is -2.20. The minimum atomic E-state index is -1.98. The van der Waals surface area contributed by atoms with Crippen LogP contribution in [0.1, 0.15) is 48.2 Å². The highest BCUT2D eigenvalue weighted by Crippen LogP contribution is 2.55. The van der Waals surface area contributed by atoms with Crippen molar-refractivity contribution in [2.75, 3.05) is 16.4 Å². The zero-order valence-electron chi connectivity index (χ0n) is 24.1. The van der Waals surface area contributed by atoms with Gasteiger partial charge >= 0.3 is 5.97 Å². The van der Waals surface area contributed by atoms with Crippen LogP contribution in [-0.4, -0.2) is 29.4 Å². The molecule has 5 aromatic rings. The van der Waals surface area contributed by atoms with Gasteiger partial charge in [0.25, 0.3) is 11.8 Å². The Kier molecular flexibility index (Phi) is 6.72. The molecule has 0 saturated carbocycles. The number of fused-ring (bicyclic) bond motifs is 5. The van der Waals surface area contributed by atoms with Gasteiger partial charge < -0.3 is 14.1 Å². The lowest BCUT2D eigenvalue weighted by Gasteiger charge is -2.32. The molecule has 7 rings (SSSR count). The Labute approximate surface area is 265 Å². The lowest BCUT2D eigenvalue weighted by molar-refractivity contribution is -0.121. The number of carbonyl (C=O) groups excluding carboxylic acids is 3. The number of hydrogen-bond donors (Lipinski definition) is 0. The first-order valence-electron chi connectivity index (χ1n) is 14.0. The van der Waals surface area contributed by atoms with E-state index in [4.69, 9.17) is 20.8 Å². The molecule has 0 radical (unpaired) electrons. The van der Waals surface area contributed by atoms with E-state index in [0.29, 0.717) is 27.5 Å². The highest BCUT2D eigenvalue weighted by atomic mass is 35.5. The molecule has 45 heavy (non-hydrogen) atoms. The third-order valence-corrected chi connectivity index (χ3v) is 9.55. The van der Waals surface area contributed by atoms with E-state index in [-0.39, 0.29) is 45.5 Å². The summed E-state index contributed by atoms with van der Waals surface area (Å²) in [6.07, 6.45) is 1.44. The predicted octanol–water partition coefficient (Wildman–Crippen LogP) is 6.31. The molecule has 0 fully saturated rings. The van der Waals surface area contributed by atoms with E-state index in [1.54, 1.807) is 61.5 Å². The molecule has 9 nitrogen and oxygen atoms in total. The van der Waals surface area contributed by atoms with Crippen LogP contribution in [0.2, 0.25) is 5.02 Å². The Morgan fingerprint density at radius 1 is 1.09 bits per heavy atom. The number of nitrogens with zero attached hydrogens (tertiary/aromatic N) is 3. The maximum Gasteiger partial charge on any atom is 0.350 e. The lowest BCUT2D eigenvalue weighted by atomic mass is 9.84. The van der Waals surface area contributed by atoms with Gasteiger partial charge in [-0.25, -0.2) is 9.78 Å². The molecule has 2 aromatic heterocycles. The Bertz CT molecular complexity index is 2170. The van der Waals surface area contributed by atoms with Crippen LogP contribution in [0.3, 0.4) is 0 Å². The maximum absolute atomic E-state index is 15.1. The molecule has 4 heterocycles. The molecule has 0 saturated heterocycles. The second-order valence-corrected chi connectivity index (χ2v) is 12.2. The molecule has 3 aromatic carbocycles. The largest absolute Gasteiger partial charge is 0.457 e. The number of halogens is 1. The summed E-state index contributed by atoms with van der Waals surface area (Å²) in [7, 11) is 0. The van der Waals surface area contributed by atoms with Crippen molar-refractivity contribution in [2.45, 2.75) is 25.9 Å². The normalized spacial score (nSPS) is 16.9. The Morgan fingerprint density at radius 2 is 1.84 bits per heavy atom. The quantitative estimate of drug-likeness (QED) is 0.158. The summed E-state index contributed by atoms with van der Waals surface area (Å²) >= 11 is 7.42. The maximum atomic E-state index is 15.1. The van der Waals surface area contributed by atoms with Crippen LogP contribution in [-0.2, 0) is 21.6 Å². The van der Waals surface area contributed by atoms with Crippen molar-refractivity contribution in [1.82, 2.24) is 4.98 Å². The van der Waals surface area contributed by atoms with Gasteiger partial charge in [0, 0.05) is 10.6 Å². The van der Waals surface area contributed by atoms with Crippen molar-refractivity contribution < 1.29 is 23.5 Å². The topological polar surface area (TPSA) is 110 Å². The second kappa shape index (κ2) is 10.5. The molecule has 11 heteroatoms. The summed E-state index contributed by atoms with van der Waals surface area (Å²) in [5, 5.41) is 0.737. The zero-order valence-corrected chi connectivity index (χ0v) is 25.7. The number of carbonyl (C=O) groups is 3. The van der Waals surface area contributed by atoms with Crippen LogP contribution >= 0.6 is 22.9 Å².